The van der Waals surface area contributed by atoms with Crippen LogP contribution in [-0.2, 0) is 34.6 Å². The third-order valence-corrected chi connectivity index (χ3v) is 17.8. The second-order valence-electron chi connectivity index (χ2n) is 25.3. The summed E-state index contributed by atoms with van der Waals surface area (Å²) in [5.41, 5.74) is 12.0. The maximum atomic E-state index is 2.45. The van der Waals surface area contributed by atoms with E-state index in [-0.39, 0.29) is 0 Å². The van der Waals surface area contributed by atoms with Crippen molar-refractivity contribution >= 4 is 97.4 Å². The first-order valence-electron chi connectivity index (χ1n) is 31.2. The van der Waals surface area contributed by atoms with Gasteiger partial charge in [0.1, 0.15) is 0 Å². The zero-order chi connectivity index (χ0) is 61.8. The van der Waals surface area contributed by atoms with Gasteiger partial charge in [0.2, 0.25) is 0 Å². The summed E-state index contributed by atoms with van der Waals surface area (Å²) in [4.78, 5) is 9.73. The third kappa shape index (κ3) is 13.3. The largest absolute Gasteiger partial charge is 0.402 e. The number of aryl methyl sites for hydroxylation is 7. The predicted octanol–water partition coefficient (Wildman–Crippen LogP) is 7.65. The van der Waals surface area contributed by atoms with Crippen molar-refractivity contribution in [3.63, 3.8) is 0 Å². The molecule has 4 aliphatic heterocycles. The highest BCUT2D eigenvalue weighted by atomic mass is 15.2. The maximum Gasteiger partial charge on any atom is 0.402 e. The van der Waals surface area contributed by atoms with Gasteiger partial charge in [-0.3, -0.25) is 19.2 Å². The molecule has 0 saturated heterocycles. The first-order valence-corrected chi connectivity index (χ1v) is 31.2. The van der Waals surface area contributed by atoms with Crippen molar-refractivity contribution in [2.75, 3.05) is 19.2 Å². The Balaban J connectivity index is 0.000000137. The number of anilines is 4. The van der Waals surface area contributed by atoms with Gasteiger partial charge >= 0.3 is 27.4 Å². The van der Waals surface area contributed by atoms with Gasteiger partial charge in [-0.25, -0.2) is 18.3 Å². The molecule has 4 aromatic carbocycles. The molecule has 0 amide bonds. The Labute approximate surface area is 515 Å². The normalized spacial score (nSPS) is 14.1. The number of rotatable bonds is 7. The van der Waals surface area contributed by atoms with Gasteiger partial charge in [-0.15, -0.1) is 0 Å². The summed E-state index contributed by atoms with van der Waals surface area (Å²) in [5, 5.41) is 10.7. The topological polar surface area (TPSA) is 28.5 Å². The molecule has 0 unspecified atom stereocenters. The summed E-state index contributed by atoms with van der Waals surface area (Å²) >= 11 is 0. The monoisotopic (exact) mass is 1140 g/mol. The van der Waals surface area contributed by atoms with E-state index in [2.05, 4.69) is 357 Å². The molecule has 0 spiro atoms. The fourth-order valence-corrected chi connectivity index (χ4v) is 13.1. The van der Waals surface area contributed by atoms with Crippen LogP contribution in [0.4, 0.5) is 23.3 Å². The minimum absolute atomic E-state index is 0.350. The highest BCUT2D eigenvalue weighted by Gasteiger charge is 2.35. The lowest BCUT2D eigenvalue weighted by atomic mass is 9.60. The van der Waals surface area contributed by atoms with Crippen LogP contribution in [0.2, 0.25) is 27.3 Å². The summed E-state index contributed by atoms with van der Waals surface area (Å²) in [6.07, 6.45) is 9.82. The molecule has 0 fully saturated rings. The van der Waals surface area contributed by atoms with Crippen LogP contribution < -0.4 is 79.3 Å². The van der Waals surface area contributed by atoms with Gasteiger partial charge in [-0.05, 0) is 161 Å². The number of benzene rings is 4. The van der Waals surface area contributed by atoms with Gasteiger partial charge in [-0.2, -0.15) is 0 Å². The average molecular weight is 1140 g/mol. The van der Waals surface area contributed by atoms with E-state index >= 15 is 0 Å². The number of aromatic nitrogens is 4. The number of nitrogens with zero attached hydrogens (tertiary/aromatic N) is 8. The van der Waals surface area contributed by atoms with Gasteiger partial charge in [0.15, 0.2) is 0 Å². The van der Waals surface area contributed by atoms with Crippen molar-refractivity contribution in [2.45, 2.75) is 116 Å². The zero-order valence-corrected chi connectivity index (χ0v) is 55.1. The molecule has 0 atom stereocenters. The Hall–Kier alpha value is -8.10. The van der Waals surface area contributed by atoms with Gasteiger partial charge in [0, 0.05) is 45.1 Å². The van der Waals surface area contributed by atoms with Crippen molar-refractivity contribution in [1.82, 2.24) is 0 Å². The van der Waals surface area contributed by atoms with E-state index in [9.17, 15) is 0 Å². The second kappa shape index (κ2) is 26.7. The SMILES string of the molecule is CB1C=c2ccccc2=C(C)N1c1cc(C(C)C)cc[n+]1C.CB1C=c2ccccc2=C(C)N1c1cc(C)c(C)c[n+]1C.CB1C=c2ccccc2=C(C)N1c1cc(C)cc[n+]1C.CB1C=c2ccccc2=C(C)N1c1cc(CC(C)C)cc[n+]1C. The van der Waals surface area contributed by atoms with Gasteiger partial charge < -0.3 is 0 Å². The first kappa shape index (κ1) is 62.4. The second-order valence-corrected chi connectivity index (χ2v) is 25.3. The Bertz CT molecular complexity index is 4390. The summed E-state index contributed by atoms with van der Waals surface area (Å²) in [7, 11) is 8.49. The molecule has 0 bridgehead atoms. The molecule has 8 heterocycles. The van der Waals surface area contributed by atoms with Crippen LogP contribution in [0.3, 0.4) is 0 Å². The molecule has 0 saturated carbocycles. The highest BCUT2D eigenvalue weighted by molar-refractivity contribution is 6.78. The van der Waals surface area contributed by atoms with Crippen molar-refractivity contribution in [3.8, 4) is 0 Å². The fraction of sp³-hybridized carbons (Fsp3) is 0.297. The molecular formula is C74H92B4N8+4. The minimum Gasteiger partial charge on any atom is -0.291 e. The van der Waals surface area contributed by atoms with Crippen molar-refractivity contribution in [2.24, 2.45) is 34.1 Å². The number of pyridine rings is 4. The summed E-state index contributed by atoms with van der Waals surface area (Å²) in [5.74, 6) is 15.6. The molecule has 86 heavy (non-hydrogen) atoms. The van der Waals surface area contributed by atoms with E-state index in [0.717, 1.165) is 6.42 Å². The standard InChI is InChI=1S/C20H26BN2.C19H24BN2.C18H22BN2.C17H20BN2/c1-15(2)12-17-10-11-22(5)20(13-17)23-16(3)19-9-7-6-8-18(19)14-21(23)4;1-14(2)16-10-11-21(5)19(12-16)22-15(3)18-9-7-6-8-17(18)13-20(22)4;1-13-10-18(20(5)12-14(13)2)21-15(3)17-9-7-6-8-16(17)11-19(21)4;1-13-9-10-19(4)17(11-13)20-14(2)16-8-6-5-7-15(16)12-18(20)3/h6-11,13-15H,12H2,1-5H3;6-14H,1-5H3;6-12H,1-5H3;5-12H,1-4H3/q4*+1. The molecule has 12 rings (SSSR count). The van der Waals surface area contributed by atoms with Crippen LogP contribution in [0.1, 0.15) is 89.1 Å². The number of hydrogen-bond acceptors (Lipinski definition) is 4. The van der Waals surface area contributed by atoms with Crippen molar-refractivity contribution in [3.05, 3.63) is 234 Å². The molecule has 4 aromatic heterocycles. The minimum atomic E-state index is 0.350. The average Bonchev–Trinajstić information content (AvgIpc) is 1.31. The van der Waals surface area contributed by atoms with E-state index in [1.165, 1.54) is 116 Å². The van der Waals surface area contributed by atoms with Crippen molar-refractivity contribution in [1.29, 1.82) is 0 Å². The molecule has 0 aliphatic carbocycles. The Morgan fingerprint density at radius 3 is 1.09 bits per heavy atom. The Morgan fingerprint density at radius 1 is 0.372 bits per heavy atom. The van der Waals surface area contributed by atoms with Crippen LogP contribution in [0.25, 0.3) is 46.7 Å². The summed E-state index contributed by atoms with van der Waals surface area (Å²) in [6, 6.07) is 50.4. The van der Waals surface area contributed by atoms with Crippen LogP contribution >= 0.6 is 0 Å². The Morgan fingerprint density at radius 2 is 0.709 bits per heavy atom. The molecule has 8 aromatic rings. The predicted molar refractivity (Wildman–Crippen MR) is 371 cm³/mol. The summed E-state index contributed by atoms with van der Waals surface area (Å²) in [6.45, 7) is 34.9. The molecule has 436 valence electrons. The van der Waals surface area contributed by atoms with Gasteiger partial charge in [-0.1, -0.05) is 149 Å². The molecule has 0 radical (unpaired) electrons. The van der Waals surface area contributed by atoms with Crippen LogP contribution in [0, 0.1) is 26.7 Å². The van der Waals surface area contributed by atoms with E-state index in [1.807, 2.05) is 0 Å². The lowest BCUT2D eigenvalue weighted by Gasteiger charge is -2.25. The van der Waals surface area contributed by atoms with Crippen molar-refractivity contribution < 1.29 is 18.3 Å². The van der Waals surface area contributed by atoms with E-state index in [4.69, 9.17) is 0 Å². The van der Waals surface area contributed by atoms with E-state index < -0.39 is 0 Å². The molecular weight excluding hydrogens is 1040 g/mol. The maximum absolute atomic E-state index is 2.45. The van der Waals surface area contributed by atoms with E-state index in [1.54, 1.807) is 0 Å². The quantitative estimate of drug-likeness (QED) is 0.121. The van der Waals surface area contributed by atoms with Crippen LogP contribution in [0.15, 0.2) is 164 Å². The van der Waals surface area contributed by atoms with Gasteiger partial charge in [0.05, 0.1) is 75.8 Å². The lowest BCUT2D eigenvalue weighted by molar-refractivity contribution is -0.658. The smallest absolute Gasteiger partial charge is 0.291 e. The summed E-state index contributed by atoms with van der Waals surface area (Å²) < 4.78 is 8.86. The fourth-order valence-electron chi connectivity index (χ4n) is 13.1. The van der Waals surface area contributed by atoms with Crippen LogP contribution in [0.5, 0.6) is 0 Å². The lowest BCUT2D eigenvalue weighted by Crippen LogP contribution is -2.50. The first-order chi connectivity index (χ1) is 41.0. The molecule has 12 heteroatoms. The molecule has 8 nitrogen and oxygen atoms in total. The molecule has 0 N–H and O–H groups in total. The Kier molecular flexibility index (Phi) is 19.4. The zero-order valence-electron chi connectivity index (χ0n) is 55.1. The number of fused-ring (bicyclic) bond motifs is 4. The molecule has 4 aliphatic rings. The highest BCUT2D eigenvalue weighted by Crippen LogP contribution is 2.26. The number of hydrogen-bond donors (Lipinski definition) is 0. The van der Waals surface area contributed by atoms with Gasteiger partial charge in [0.25, 0.3) is 23.3 Å². The van der Waals surface area contributed by atoms with Crippen LogP contribution in [-0.4, -0.2) is 27.4 Å². The van der Waals surface area contributed by atoms with E-state index in [0.29, 0.717) is 39.2 Å². The third-order valence-electron chi connectivity index (χ3n) is 17.8.